The second-order valence-electron chi connectivity index (χ2n) is 5.64. The van der Waals surface area contributed by atoms with Gasteiger partial charge in [-0.2, -0.15) is 4.73 Å². The van der Waals surface area contributed by atoms with E-state index in [1.165, 1.54) is 13.2 Å². The molecule has 0 radical (unpaired) electrons. The van der Waals surface area contributed by atoms with Gasteiger partial charge < -0.3 is 24.5 Å². The van der Waals surface area contributed by atoms with Crippen LogP contribution in [0.25, 0.3) is 22.6 Å². The number of phenols is 1. The molecular weight excluding hydrogens is 336 g/mol. The van der Waals surface area contributed by atoms with Crippen molar-refractivity contribution in [3.8, 4) is 45.6 Å². The van der Waals surface area contributed by atoms with Crippen molar-refractivity contribution in [2.24, 2.45) is 0 Å². The molecular formula is C19H20N2O5. The Balaban J connectivity index is 2.11. The number of rotatable bonds is 5. The first-order chi connectivity index (χ1) is 12.5. The average Bonchev–Trinajstić information content (AvgIpc) is 2.96. The normalized spacial score (nSPS) is 10.6. The lowest BCUT2D eigenvalue weighted by Crippen LogP contribution is -1.97. The molecule has 7 nitrogen and oxygen atoms in total. The van der Waals surface area contributed by atoms with E-state index in [0.717, 1.165) is 10.3 Å². The molecule has 0 aliphatic rings. The lowest BCUT2D eigenvalue weighted by atomic mass is 10.1. The number of imidazole rings is 1. The van der Waals surface area contributed by atoms with Crippen LogP contribution in [-0.2, 0) is 0 Å². The van der Waals surface area contributed by atoms with E-state index >= 15 is 0 Å². The first-order valence-electron chi connectivity index (χ1n) is 7.88. The molecule has 0 bridgehead atoms. The van der Waals surface area contributed by atoms with E-state index in [1.54, 1.807) is 45.4 Å². The fourth-order valence-corrected chi connectivity index (χ4v) is 2.75. The molecule has 0 atom stereocenters. The Kier molecular flexibility index (Phi) is 4.62. The first kappa shape index (κ1) is 17.5. The van der Waals surface area contributed by atoms with E-state index in [0.29, 0.717) is 40.0 Å². The van der Waals surface area contributed by atoms with Crippen LogP contribution in [0.3, 0.4) is 0 Å². The molecule has 1 aromatic heterocycles. The van der Waals surface area contributed by atoms with E-state index in [2.05, 4.69) is 4.98 Å². The summed E-state index contributed by atoms with van der Waals surface area (Å²) in [4.78, 5) is 4.57. The molecule has 0 saturated heterocycles. The van der Waals surface area contributed by atoms with E-state index in [-0.39, 0.29) is 5.75 Å². The SMILES string of the molecule is COc1cc(-c2nc(-c3ccc(OC)c(OC)c3)c(C)n2O)ccc1O. The van der Waals surface area contributed by atoms with Crippen LogP contribution in [0.15, 0.2) is 36.4 Å². The Morgan fingerprint density at radius 3 is 2.12 bits per heavy atom. The highest BCUT2D eigenvalue weighted by atomic mass is 16.5. The lowest BCUT2D eigenvalue weighted by molar-refractivity contribution is 0.185. The molecule has 0 unspecified atom stereocenters. The van der Waals surface area contributed by atoms with Crippen LogP contribution in [0.4, 0.5) is 0 Å². The lowest BCUT2D eigenvalue weighted by Gasteiger charge is -2.08. The van der Waals surface area contributed by atoms with Gasteiger partial charge in [0, 0.05) is 11.1 Å². The fourth-order valence-electron chi connectivity index (χ4n) is 2.75. The molecule has 2 aromatic carbocycles. The van der Waals surface area contributed by atoms with Crippen molar-refractivity contribution in [2.75, 3.05) is 21.3 Å². The van der Waals surface area contributed by atoms with Crippen LogP contribution in [0.5, 0.6) is 23.0 Å². The first-order valence-corrected chi connectivity index (χ1v) is 7.88. The van der Waals surface area contributed by atoms with Crippen molar-refractivity contribution in [2.45, 2.75) is 6.92 Å². The highest BCUT2D eigenvalue weighted by Crippen LogP contribution is 2.36. The summed E-state index contributed by atoms with van der Waals surface area (Å²) in [5, 5.41) is 20.2. The molecule has 3 rings (SSSR count). The Morgan fingerprint density at radius 1 is 0.846 bits per heavy atom. The minimum atomic E-state index is 0.0177. The number of aromatic nitrogens is 2. The summed E-state index contributed by atoms with van der Waals surface area (Å²) >= 11 is 0. The van der Waals surface area contributed by atoms with Crippen molar-refractivity contribution in [3.05, 3.63) is 42.1 Å². The summed E-state index contributed by atoms with van der Waals surface area (Å²) in [5.74, 6) is 1.84. The molecule has 0 aliphatic carbocycles. The predicted molar refractivity (Wildman–Crippen MR) is 96.3 cm³/mol. The van der Waals surface area contributed by atoms with Gasteiger partial charge in [0.25, 0.3) is 0 Å². The van der Waals surface area contributed by atoms with Crippen molar-refractivity contribution < 1.29 is 24.5 Å². The van der Waals surface area contributed by atoms with Crippen molar-refractivity contribution in [1.29, 1.82) is 0 Å². The molecule has 3 aromatic rings. The van der Waals surface area contributed by atoms with Gasteiger partial charge in [0.15, 0.2) is 28.8 Å². The van der Waals surface area contributed by atoms with E-state index in [1.807, 2.05) is 6.07 Å². The number of phenolic OH excluding ortho intramolecular Hbond substituents is 1. The van der Waals surface area contributed by atoms with Gasteiger partial charge in [0.2, 0.25) is 0 Å². The van der Waals surface area contributed by atoms with Gasteiger partial charge >= 0.3 is 0 Å². The van der Waals surface area contributed by atoms with Crippen LogP contribution in [0.2, 0.25) is 0 Å². The molecule has 0 spiro atoms. The van der Waals surface area contributed by atoms with Crippen LogP contribution in [0.1, 0.15) is 5.69 Å². The minimum absolute atomic E-state index is 0.0177. The summed E-state index contributed by atoms with van der Waals surface area (Å²) in [5.41, 5.74) is 2.56. The number of ether oxygens (including phenoxy) is 3. The van der Waals surface area contributed by atoms with Gasteiger partial charge in [-0.3, -0.25) is 0 Å². The summed E-state index contributed by atoms with van der Waals surface area (Å²) in [7, 11) is 4.60. The van der Waals surface area contributed by atoms with Gasteiger partial charge in [-0.15, -0.1) is 0 Å². The van der Waals surface area contributed by atoms with Gasteiger partial charge in [0.05, 0.1) is 32.7 Å². The number of hydrogen-bond acceptors (Lipinski definition) is 6. The summed E-state index contributed by atoms with van der Waals surface area (Å²) < 4.78 is 16.7. The topological polar surface area (TPSA) is 86.0 Å². The average molecular weight is 356 g/mol. The maximum atomic E-state index is 10.5. The van der Waals surface area contributed by atoms with Gasteiger partial charge in [-0.25, -0.2) is 4.98 Å². The molecule has 0 fully saturated rings. The quantitative estimate of drug-likeness (QED) is 0.681. The van der Waals surface area contributed by atoms with Crippen molar-refractivity contribution >= 4 is 0 Å². The van der Waals surface area contributed by atoms with Gasteiger partial charge in [0.1, 0.15) is 0 Å². The third-order valence-electron chi connectivity index (χ3n) is 4.17. The summed E-state index contributed by atoms with van der Waals surface area (Å²) in [6, 6.07) is 10.2. The molecule has 0 saturated carbocycles. The Labute approximate surface area is 151 Å². The Bertz CT molecular complexity index is 949. The summed E-state index contributed by atoms with van der Waals surface area (Å²) in [6.45, 7) is 1.76. The van der Waals surface area contributed by atoms with Gasteiger partial charge in [-0.1, -0.05) is 0 Å². The monoisotopic (exact) mass is 356 g/mol. The number of benzene rings is 2. The standard InChI is InChI=1S/C19H20N2O5/c1-11-18(12-6-8-15(24-2)17(9-12)26-4)20-19(21(11)23)13-5-7-14(22)16(10-13)25-3/h5-10,22-23H,1-4H3. The number of nitrogens with zero attached hydrogens (tertiary/aromatic N) is 2. The minimum Gasteiger partial charge on any atom is -0.504 e. The largest absolute Gasteiger partial charge is 0.504 e. The number of aromatic hydroxyl groups is 1. The molecule has 2 N–H and O–H groups in total. The zero-order chi connectivity index (χ0) is 18.8. The third kappa shape index (κ3) is 2.88. The van der Waals surface area contributed by atoms with Crippen LogP contribution in [0, 0.1) is 6.92 Å². The fraction of sp³-hybridized carbons (Fsp3) is 0.211. The molecule has 7 heteroatoms. The highest BCUT2D eigenvalue weighted by Gasteiger charge is 2.19. The second kappa shape index (κ2) is 6.87. The third-order valence-corrected chi connectivity index (χ3v) is 4.17. The molecule has 0 amide bonds. The Morgan fingerprint density at radius 2 is 1.46 bits per heavy atom. The summed E-state index contributed by atoms with van der Waals surface area (Å²) in [6.07, 6.45) is 0. The number of methoxy groups -OCH3 is 3. The molecule has 0 aliphatic heterocycles. The van der Waals surface area contributed by atoms with E-state index < -0.39 is 0 Å². The van der Waals surface area contributed by atoms with E-state index in [9.17, 15) is 10.3 Å². The van der Waals surface area contributed by atoms with E-state index in [4.69, 9.17) is 14.2 Å². The predicted octanol–water partition coefficient (Wildman–Crippen LogP) is 3.49. The smallest absolute Gasteiger partial charge is 0.176 e. The molecule has 136 valence electrons. The van der Waals surface area contributed by atoms with Crippen molar-refractivity contribution in [3.63, 3.8) is 0 Å². The maximum Gasteiger partial charge on any atom is 0.176 e. The second-order valence-corrected chi connectivity index (χ2v) is 5.64. The zero-order valence-corrected chi connectivity index (χ0v) is 15.0. The van der Waals surface area contributed by atoms with Crippen LogP contribution >= 0.6 is 0 Å². The maximum absolute atomic E-state index is 10.5. The Hall–Kier alpha value is -3.35. The van der Waals surface area contributed by atoms with Crippen molar-refractivity contribution in [1.82, 2.24) is 9.71 Å². The highest BCUT2D eigenvalue weighted by molar-refractivity contribution is 5.71. The number of hydrogen-bond donors (Lipinski definition) is 2. The zero-order valence-electron chi connectivity index (χ0n) is 15.0. The van der Waals surface area contributed by atoms with Gasteiger partial charge in [-0.05, 0) is 43.3 Å². The molecule has 26 heavy (non-hydrogen) atoms. The van der Waals surface area contributed by atoms with Crippen LogP contribution in [-0.4, -0.2) is 41.4 Å². The van der Waals surface area contributed by atoms with Crippen LogP contribution < -0.4 is 14.2 Å². The molecule has 1 heterocycles.